The van der Waals surface area contributed by atoms with Crippen LogP contribution in [-0.4, -0.2) is 269 Å². The average molecular weight is 1760 g/mol. The summed E-state index contributed by atoms with van der Waals surface area (Å²) in [6.45, 7) is 5.09. The van der Waals surface area contributed by atoms with Gasteiger partial charge in [-0.05, 0) is 177 Å². The number of rotatable bonds is 58. The minimum Gasteiger partial charge on any atom is -0.368 e. The summed E-state index contributed by atoms with van der Waals surface area (Å²) in [6.07, 6.45) is 4.71. The lowest BCUT2D eigenvalue weighted by Gasteiger charge is -2.37. The molecular weight excluding hydrogens is 1620 g/mol. The molecule has 690 valence electrons. The second kappa shape index (κ2) is 56.2. The van der Waals surface area contributed by atoms with Crippen molar-refractivity contribution in [1.29, 1.82) is 0 Å². The van der Waals surface area contributed by atoms with Gasteiger partial charge >= 0.3 is 0 Å². The van der Waals surface area contributed by atoms with E-state index < -0.39 is 167 Å². The van der Waals surface area contributed by atoms with Gasteiger partial charge in [-0.15, -0.1) is 0 Å². The van der Waals surface area contributed by atoms with E-state index >= 15 is 38.4 Å². The van der Waals surface area contributed by atoms with Crippen molar-refractivity contribution in [2.75, 3.05) is 144 Å². The first kappa shape index (κ1) is 103. The van der Waals surface area contributed by atoms with E-state index in [-0.39, 0.29) is 77.9 Å². The minimum atomic E-state index is -0.837. The first-order chi connectivity index (χ1) is 61.8. The van der Waals surface area contributed by atoms with Crippen molar-refractivity contribution in [3.05, 3.63) is 251 Å². The highest BCUT2D eigenvalue weighted by molar-refractivity contribution is 5.95. The van der Waals surface area contributed by atoms with Gasteiger partial charge in [-0.1, -0.05) is 212 Å². The molecule has 30 heteroatoms. The maximum Gasteiger partial charge on any atom is 0.243 e. The van der Waals surface area contributed by atoms with Crippen LogP contribution in [0.4, 0.5) is 0 Å². The van der Waals surface area contributed by atoms with Crippen molar-refractivity contribution in [2.24, 2.45) is 34.4 Å². The van der Waals surface area contributed by atoms with Crippen LogP contribution in [0.3, 0.4) is 0 Å². The Morgan fingerprint density at radius 2 is 0.445 bits per heavy atom. The first-order valence-electron chi connectivity index (χ1n) is 44.8. The maximum absolute atomic E-state index is 15.9. The maximum atomic E-state index is 15.9. The standard InChI is InChI=1S/C98H136N18O12/c1-75(82-41-17-8-18-42-82)112(88(118)61-105-56-32-27-51-99)73-97(127)114(77(3)84-45-21-10-22-46-84)72-94(124)109(60-36-31-55-103)69-96(126)116(79(5)86-49-25-12-26-50-86)74-98(128)115(78(4)85-47-23-11-24-48-85)71-93(123)106(57-33-28-52-100)65-89(119)108(59-35-30-54-102)68-95(125)113(76(2)83-43-19-9-20-44-83)70-92(122)107(58-34-29-53-101)66-90(120)111(63-81-39-15-7-16-40-81)67-91(121)110(64-87(104)117)62-80-37-13-6-14-38-80/h6-26,37-50,75-79,105H,27-36,51-74,99-103H2,1-5H3,(H2,104,117)/t75-,76-,77-,78-,79-/m0/s1. The molecule has 0 aliphatic carbocycles. The van der Waals surface area contributed by atoms with Crippen LogP contribution in [-0.2, 0) is 70.6 Å². The van der Waals surface area contributed by atoms with Gasteiger partial charge in [0.15, 0.2) is 0 Å². The first-order valence-corrected chi connectivity index (χ1v) is 44.8. The Balaban J connectivity index is 1.19. The summed E-state index contributed by atoms with van der Waals surface area (Å²) in [6, 6.07) is 59.8. The fraction of sp³-hybridized carbons (Fsp3) is 0.449. The van der Waals surface area contributed by atoms with Crippen LogP contribution in [0.25, 0.3) is 0 Å². The summed E-state index contributed by atoms with van der Waals surface area (Å²) >= 11 is 0. The van der Waals surface area contributed by atoms with Crippen LogP contribution in [0.5, 0.6) is 0 Å². The molecule has 13 N–H and O–H groups in total. The number of nitrogens with one attached hydrogen (secondary N) is 1. The van der Waals surface area contributed by atoms with E-state index in [0.29, 0.717) is 92.3 Å². The lowest BCUT2D eigenvalue weighted by Crippen LogP contribution is -2.53. The number of carbonyl (C=O) groups excluding carboxylic acids is 12. The van der Waals surface area contributed by atoms with Crippen LogP contribution in [0.2, 0.25) is 0 Å². The monoisotopic (exact) mass is 1760 g/mol. The number of unbranched alkanes of at least 4 members (excludes halogenated alkanes) is 5. The van der Waals surface area contributed by atoms with E-state index in [9.17, 15) is 19.2 Å². The zero-order chi connectivity index (χ0) is 92.7. The molecule has 30 nitrogen and oxygen atoms in total. The Morgan fingerprint density at radius 3 is 0.711 bits per heavy atom. The van der Waals surface area contributed by atoms with Gasteiger partial charge in [-0.25, -0.2) is 0 Å². The van der Waals surface area contributed by atoms with Gasteiger partial charge in [0.25, 0.3) is 0 Å². The predicted octanol–water partition coefficient (Wildman–Crippen LogP) is 7.08. The molecule has 0 radical (unpaired) electrons. The molecule has 5 atom stereocenters. The van der Waals surface area contributed by atoms with E-state index in [1.165, 1.54) is 53.9 Å². The number of nitrogens with zero attached hydrogens (tertiary/aromatic N) is 11. The van der Waals surface area contributed by atoms with Crippen molar-refractivity contribution in [2.45, 2.75) is 142 Å². The summed E-state index contributed by atoms with van der Waals surface area (Å²) < 4.78 is 0. The van der Waals surface area contributed by atoms with Gasteiger partial charge in [0, 0.05) is 39.3 Å². The Bertz CT molecular complexity index is 4550. The molecule has 7 rings (SSSR count). The SMILES string of the molecule is C[C@@H](c1ccccc1)N(CC(=O)N(CCCCN)CC(=O)N(CC(=O)N(CC(N)=O)Cc1ccccc1)Cc1ccccc1)C(=O)CN(CCCCN)C(=O)CN(CCCCN)C(=O)CN(C(=O)CN(C(=O)CN(CCCCN)C(=O)CN(C(=O)CN(C(=O)CNCCCCN)[C@@H](C)c1ccccc1)[C@@H](C)c1ccccc1)[C@@H](C)c1ccccc1)[C@@H](C)c1ccccc1. The van der Waals surface area contributed by atoms with E-state index in [1.54, 1.807) is 137 Å². The summed E-state index contributed by atoms with van der Waals surface area (Å²) in [5, 5.41) is 3.21. The second-order valence-electron chi connectivity index (χ2n) is 32.4. The largest absolute Gasteiger partial charge is 0.368 e. The molecule has 0 fully saturated rings. The second-order valence-corrected chi connectivity index (χ2v) is 32.4. The number of hydrogen-bond acceptors (Lipinski definition) is 18. The number of amides is 12. The number of hydrogen-bond donors (Lipinski definition) is 7. The van der Waals surface area contributed by atoms with E-state index in [4.69, 9.17) is 34.4 Å². The van der Waals surface area contributed by atoms with Gasteiger partial charge in [-0.3, -0.25) is 57.5 Å². The molecule has 0 heterocycles. The van der Waals surface area contributed by atoms with Crippen LogP contribution < -0.4 is 39.7 Å². The fourth-order valence-electron chi connectivity index (χ4n) is 15.2. The van der Waals surface area contributed by atoms with Gasteiger partial charge in [0.1, 0.15) is 39.3 Å². The number of primary amides is 1. The Labute approximate surface area is 755 Å². The van der Waals surface area contributed by atoms with Gasteiger partial charge < -0.3 is 93.6 Å². The highest BCUT2D eigenvalue weighted by Gasteiger charge is 2.38. The molecule has 7 aromatic carbocycles. The number of carbonyl (C=O) groups is 12. The average Bonchev–Trinajstić information content (AvgIpc) is 0.822. The van der Waals surface area contributed by atoms with Crippen molar-refractivity contribution >= 4 is 70.9 Å². The summed E-state index contributed by atoms with van der Waals surface area (Å²) in [5.74, 6) is -7.24. The van der Waals surface area contributed by atoms with Crippen LogP contribution in [0.1, 0.15) is 168 Å². The highest BCUT2D eigenvalue weighted by Crippen LogP contribution is 2.29. The van der Waals surface area contributed by atoms with E-state index in [2.05, 4.69) is 5.32 Å². The summed E-state index contributed by atoms with van der Waals surface area (Å²) in [7, 11) is 0. The molecule has 7 aromatic rings. The lowest BCUT2D eigenvalue weighted by atomic mass is 10.0. The minimum absolute atomic E-state index is 0.00528. The molecule has 0 spiro atoms. The molecule has 12 amide bonds. The number of nitrogens with two attached hydrogens (primary N) is 6. The molecule has 0 aliphatic rings. The zero-order valence-electron chi connectivity index (χ0n) is 75.4. The third kappa shape index (κ3) is 33.9. The Kier molecular flexibility index (Phi) is 45.2. The molecule has 0 saturated heterocycles. The van der Waals surface area contributed by atoms with E-state index in [0.717, 1.165) is 24.0 Å². The van der Waals surface area contributed by atoms with Crippen molar-refractivity contribution in [3.63, 3.8) is 0 Å². The molecule has 0 unspecified atom stereocenters. The van der Waals surface area contributed by atoms with Gasteiger partial charge in [0.05, 0.1) is 69.5 Å². The third-order valence-electron chi connectivity index (χ3n) is 23.0. The van der Waals surface area contributed by atoms with Crippen LogP contribution in [0, 0.1) is 0 Å². The molecular formula is C98H136N18O12. The molecule has 0 aromatic heterocycles. The Morgan fingerprint density at radius 1 is 0.242 bits per heavy atom. The Hall–Kier alpha value is -12.1. The number of benzene rings is 7. The van der Waals surface area contributed by atoms with E-state index in [1.807, 2.05) is 110 Å². The molecule has 128 heavy (non-hydrogen) atoms. The van der Waals surface area contributed by atoms with Crippen molar-refractivity contribution in [3.8, 4) is 0 Å². The predicted molar refractivity (Wildman–Crippen MR) is 496 cm³/mol. The van der Waals surface area contributed by atoms with Gasteiger partial charge in [0.2, 0.25) is 70.9 Å². The van der Waals surface area contributed by atoms with Gasteiger partial charge in [-0.2, -0.15) is 0 Å². The van der Waals surface area contributed by atoms with Crippen LogP contribution >= 0.6 is 0 Å². The quantitative estimate of drug-likeness (QED) is 0.0187. The topological polar surface area (TPSA) is 409 Å². The molecule has 0 bridgehead atoms. The summed E-state index contributed by atoms with van der Waals surface area (Å²) in [5.41, 5.74) is 40.5. The molecule has 0 saturated carbocycles. The van der Waals surface area contributed by atoms with Crippen molar-refractivity contribution < 1.29 is 57.5 Å². The lowest BCUT2D eigenvalue weighted by molar-refractivity contribution is -0.151. The fourth-order valence-corrected chi connectivity index (χ4v) is 15.2. The van der Waals surface area contributed by atoms with Crippen molar-refractivity contribution in [1.82, 2.24) is 59.2 Å². The normalized spacial score (nSPS) is 12.2. The summed E-state index contributed by atoms with van der Waals surface area (Å²) in [4.78, 5) is 196. The molecule has 0 aliphatic heterocycles. The van der Waals surface area contributed by atoms with Crippen LogP contribution in [0.15, 0.2) is 212 Å². The smallest absolute Gasteiger partial charge is 0.243 e. The zero-order valence-corrected chi connectivity index (χ0v) is 75.4. The highest BCUT2D eigenvalue weighted by atomic mass is 16.2. The third-order valence-corrected chi connectivity index (χ3v) is 23.0.